The fourth-order valence-electron chi connectivity index (χ4n) is 1.91. The van der Waals surface area contributed by atoms with E-state index in [9.17, 15) is 0 Å². The average molecular weight is 242 g/mol. The molecule has 0 aliphatic rings. The van der Waals surface area contributed by atoms with Crippen LogP contribution in [0.1, 0.15) is 11.1 Å². The van der Waals surface area contributed by atoms with Gasteiger partial charge in [-0.05, 0) is 18.6 Å². The van der Waals surface area contributed by atoms with Gasteiger partial charge in [0.25, 0.3) is 0 Å². The Balaban J connectivity index is 2.13. The third kappa shape index (κ3) is 2.99. The number of aryl methyl sites for hydroxylation is 1. The normalized spacial score (nSPS) is 10.2. The molecular formula is C14H18N4. The highest BCUT2D eigenvalue weighted by atomic mass is 15.2. The molecule has 0 radical (unpaired) electrons. The van der Waals surface area contributed by atoms with Crippen LogP contribution in [0.25, 0.3) is 0 Å². The molecular weight excluding hydrogens is 224 g/mol. The predicted octanol–water partition coefficient (Wildman–Crippen LogP) is 2.31. The van der Waals surface area contributed by atoms with Crippen molar-refractivity contribution in [2.45, 2.75) is 13.5 Å². The van der Waals surface area contributed by atoms with E-state index >= 15 is 0 Å². The predicted molar refractivity (Wildman–Crippen MR) is 75.3 cm³/mol. The zero-order valence-corrected chi connectivity index (χ0v) is 10.7. The molecule has 0 aliphatic carbocycles. The van der Waals surface area contributed by atoms with Crippen molar-refractivity contribution in [1.29, 1.82) is 0 Å². The van der Waals surface area contributed by atoms with E-state index in [-0.39, 0.29) is 0 Å². The molecule has 0 bridgehead atoms. The molecule has 1 aromatic heterocycles. The van der Waals surface area contributed by atoms with Crippen molar-refractivity contribution in [3.05, 3.63) is 53.7 Å². The molecule has 0 saturated carbocycles. The summed E-state index contributed by atoms with van der Waals surface area (Å²) in [5.41, 5.74) is 6.21. The highest BCUT2D eigenvalue weighted by molar-refractivity contribution is 5.53. The Morgan fingerprint density at radius 3 is 2.83 bits per heavy atom. The second-order valence-electron chi connectivity index (χ2n) is 4.39. The largest absolute Gasteiger partial charge is 0.370 e. The van der Waals surface area contributed by atoms with Crippen LogP contribution in [-0.4, -0.2) is 12.0 Å². The molecule has 0 atom stereocenters. The van der Waals surface area contributed by atoms with Gasteiger partial charge < -0.3 is 10.3 Å². The van der Waals surface area contributed by atoms with E-state index in [1.54, 1.807) is 6.20 Å². The van der Waals surface area contributed by atoms with E-state index in [4.69, 9.17) is 5.84 Å². The number of nitrogens with two attached hydrogens (primary N) is 1. The van der Waals surface area contributed by atoms with Gasteiger partial charge in [-0.3, -0.25) is 0 Å². The first-order valence-corrected chi connectivity index (χ1v) is 5.88. The van der Waals surface area contributed by atoms with Crippen molar-refractivity contribution >= 4 is 11.5 Å². The summed E-state index contributed by atoms with van der Waals surface area (Å²) in [4.78, 5) is 6.26. The van der Waals surface area contributed by atoms with E-state index in [1.165, 1.54) is 11.1 Å². The van der Waals surface area contributed by atoms with Crippen molar-refractivity contribution in [3.8, 4) is 0 Å². The lowest BCUT2D eigenvalue weighted by Crippen LogP contribution is -2.17. The van der Waals surface area contributed by atoms with Crippen LogP contribution in [0.2, 0.25) is 0 Å². The standard InChI is InChI=1S/C14H18N4/c1-11-4-3-5-12(8-11)10-18(2)13-6-7-16-14(9-13)17-15/h3-9H,10,15H2,1-2H3,(H,16,17). The fraction of sp³-hybridized carbons (Fsp3) is 0.214. The van der Waals surface area contributed by atoms with Gasteiger partial charge in [0.1, 0.15) is 5.82 Å². The van der Waals surface area contributed by atoms with Crippen LogP contribution >= 0.6 is 0 Å². The second kappa shape index (κ2) is 5.51. The lowest BCUT2D eigenvalue weighted by Gasteiger charge is -2.20. The van der Waals surface area contributed by atoms with Gasteiger partial charge in [0.2, 0.25) is 0 Å². The summed E-state index contributed by atoms with van der Waals surface area (Å²) >= 11 is 0. The molecule has 0 aliphatic heterocycles. The molecule has 0 amide bonds. The molecule has 2 aromatic rings. The minimum Gasteiger partial charge on any atom is -0.370 e. The Hall–Kier alpha value is -2.07. The van der Waals surface area contributed by atoms with Gasteiger partial charge >= 0.3 is 0 Å². The Labute approximate surface area is 107 Å². The number of hydrogen-bond donors (Lipinski definition) is 2. The van der Waals surface area contributed by atoms with Crippen molar-refractivity contribution in [2.24, 2.45) is 5.84 Å². The molecule has 0 spiro atoms. The molecule has 1 aromatic carbocycles. The number of nitrogens with one attached hydrogen (secondary N) is 1. The number of anilines is 2. The van der Waals surface area contributed by atoms with E-state index in [2.05, 4.69) is 53.5 Å². The molecule has 0 unspecified atom stereocenters. The number of hydrogen-bond acceptors (Lipinski definition) is 4. The molecule has 18 heavy (non-hydrogen) atoms. The monoisotopic (exact) mass is 242 g/mol. The van der Waals surface area contributed by atoms with E-state index < -0.39 is 0 Å². The Morgan fingerprint density at radius 1 is 1.28 bits per heavy atom. The number of pyridine rings is 1. The number of hydrazine groups is 1. The molecule has 1 heterocycles. The summed E-state index contributed by atoms with van der Waals surface area (Å²) < 4.78 is 0. The summed E-state index contributed by atoms with van der Waals surface area (Å²) in [5.74, 6) is 6.03. The summed E-state index contributed by atoms with van der Waals surface area (Å²) in [6, 6.07) is 12.4. The maximum atomic E-state index is 5.36. The number of benzene rings is 1. The highest BCUT2D eigenvalue weighted by Gasteiger charge is 2.03. The minimum atomic E-state index is 0.670. The SMILES string of the molecule is Cc1cccc(CN(C)c2ccnc(NN)c2)c1. The zero-order chi connectivity index (χ0) is 13.0. The Morgan fingerprint density at radius 2 is 2.11 bits per heavy atom. The fourth-order valence-corrected chi connectivity index (χ4v) is 1.91. The number of nitrogens with zero attached hydrogens (tertiary/aromatic N) is 2. The molecule has 2 rings (SSSR count). The number of aromatic nitrogens is 1. The van der Waals surface area contributed by atoms with Gasteiger partial charge in [0.15, 0.2) is 0 Å². The van der Waals surface area contributed by atoms with Crippen molar-refractivity contribution < 1.29 is 0 Å². The molecule has 3 N–H and O–H groups in total. The first-order chi connectivity index (χ1) is 8.69. The Kier molecular flexibility index (Phi) is 3.79. The maximum absolute atomic E-state index is 5.36. The van der Waals surface area contributed by atoms with E-state index in [0.29, 0.717) is 5.82 Å². The summed E-state index contributed by atoms with van der Waals surface area (Å²) in [7, 11) is 2.05. The van der Waals surface area contributed by atoms with Gasteiger partial charge in [0, 0.05) is 31.5 Å². The molecule has 4 heteroatoms. The van der Waals surface area contributed by atoms with E-state index in [0.717, 1.165) is 12.2 Å². The van der Waals surface area contributed by atoms with Gasteiger partial charge in [-0.15, -0.1) is 0 Å². The summed E-state index contributed by atoms with van der Waals surface area (Å²) in [6.45, 7) is 2.96. The second-order valence-corrected chi connectivity index (χ2v) is 4.39. The topological polar surface area (TPSA) is 54.2 Å². The smallest absolute Gasteiger partial charge is 0.141 e. The van der Waals surface area contributed by atoms with Crippen LogP contribution < -0.4 is 16.2 Å². The maximum Gasteiger partial charge on any atom is 0.141 e. The van der Waals surface area contributed by atoms with Crippen LogP contribution in [0.3, 0.4) is 0 Å². The first kappa shape index (κ1) is 12.4. The lowest BCUT2D eigenvalue weighted by molar-refractivity contribution is 0.919. The molecule has 0 saturated heterocycles. The number of nitrogen functional groups attached to an aromatic ring is 1. The van der Waals surface area contributed by atoms with Crippen molar-refractivity contribution in [3.63, 3.8) is 0 Å². The molecule has 0 fully saturated rings. The zero-order valence-electron chi connectivity index (χ0n) is 10.7. The third-order valence-electron chi connectivity index (χ3n) is 2.83. The summed E-state index contributed by atoms with van der Waals surface area (Å²) in [5, 5.41) is 0. The average Bonchev–Trinajstić information content (AvgIpc) is 2.39. The van der Waals surface area contributed by atoms with Gasteiger partial charge in [-0.25, -0.2) is 10.8 Å². The summed E-state index contributed by atoms with van der Waals surface area (Å²) in [6.07, 6.45) is 1.75. The van der Waals surface area contributed by atoms with Gasteiger partial charge in [-0.2, -0.15) is 0 Å². The third-order valence-corrected chi connectivity index (χ3v) is 2.83. The van der Waals surface area contributed by atoms with Gasteiger partial charge in [0.05, 0.1) is 0 Å². The highest BCUT2D eigenvalue weighted by Crippen LogP contribution is 2.18. The van der Waals surface area contributed by atoms with Crippen LogP contribution in [0.15, 0.2) is 42.6 Å². The van der Waals surface area contributed by atoms with Gasteiger partial charge in [-0.1, -0.05) is 29.8 Å². The lowest BCUT2D eigenvalue weighted by atomic mass is 10.1. The number of rotatable bonds is 4. The first-order valence-electron chi connectivity index (χ1n) is 5.88. The van der Waals surface area contributed by atoms with E-state index in [1.807, 2.05) is 12.1 Å². The Bertz CT molecular complexity index is 525. The van der Waals surface area contributed by atoms with Crippen molar-refractivity contribution in [2.75, 3.05) is 17.4 Å². The van der Waals surface area contributed by atoms with Crippen LogP contribution in [-0.2, 0) is 6.54 Å². The van der Waals surface area contributed by atoms with Crippen LogP contribution in [0.4, 0.5) is 11.5 Å². The molecule has 4 nitrogen and oxygen atoms in total. The minimum absolute atomic E-state index is 0.670. The van der Waals surface area contributed by atoms with Crippen LogP contribution in [0, 0.1) is 6.92 Å². The van der Waals surface area contributed by atoms with Crippen LogP contribution in [0.5, 0.6) is 0 Å². The molecule has 94 valence electrons. The van der Waals surface area contributed by atoms with Crippen molar-refractivity contribution in [1.82, 2.24) is 4.98 Å². The quantitative estimate of drug-likeness (QED) is 0.638.